The number of aliphatic hydroxyl groups excluding tert-OH is 15. The van der Waals surface area contributed by atoms with E-state index >= 15 is 0 Å². The van der Waals surface area contributed by atoms with Crippen molar-refractivity contribution in [3.05, 3.63) is 0 Å². The fourth-order valence-corrected chi connectivity index (χ4v) is 8.34. The van der Waals surface area contributed by atoms with Gasteiger partial charge < -0.3 is 139 Å². The van der Waals surface area contributed by atoms with Crippen molar-refractivity contribution in [1.82, 2.24) is 0 Å². The van der Waals surface area contributed by atoms with Crippen LogP contribution in [-0.2, 0) is 61.6 Å². The standard InChI is InChI=1S/C37H62O29/c1-9(42)11(4-38)57-35-25(52)30(26(10(2)56-35)62-31-21(48)17(44)16(43)12(5-39)58-31)65-33-23(50)19(46)27(14(7-41)60-33)63-32-22(49)18(45)28(13(6-40)59-32)64-34-24(51)20(47)29-15(61-34)8-55-37(3,66-29)36(53)54/h9-35,38-52H,4-8H2,1-3H3,(H,53,54)/t9-,10-,11-,12+,13+,14+,15+,16+,17-,18+,19+,20+,21+,22-,23+,24-,25-,26+,27-,28+,29+,30-,31-,32+,33+,34+,35-,37+/m0/s1. The second kappa shape index (κ2) is 22.2. The predicted octanol–water partition coefficient (Wildman–Crippen LogP) is -10.3. The van der Waals surface area contributed by atoms with Crippen molar-refractivity contribution in [2.45, 2.75) is 192 Å². The maximum absolute atomic E-state index is 11.6. The van der Waals surface area contributed by atoms with Crippen LogP contribution in [0.1, 0.15) is 20.8 Å². The van der Waals surface area contributed by atoms with Crippen molar-refractivity contribution in [3.8, 4) is 0 Å². The summed E-state index contributed by atoms with van der Waals surface area (Å²) in [6.45, 7) is -0.291. The average Bonchev–Trinajstić information content (AvgIpc) is 3.28. The number of ether oxygens (including phenoxy) is 12. The molecule has 0 saturated carbocycles. The molecule has 0 bridgehead atoms. The van der Waals surface area contributed by atoms with Gasteiger partial charge in [0.05, 0.1) is 45.2 Å². The summed E-state index contributed by atoms with van der Waals surface area (Å²) in [5, 5.41) is 169. The van der Waals surface area contributed by atoms with Gasteiger partial charge >= 0.3 is 5.97 Å². The summed E-state index contributed by atoms with van der Waals surface area (Å²) in [4.78, 5) is 11.6. The van der Waals surface area contributed by atoms with E-state index in [-0.39, 0.29) is 0 Å². The summed E-state index contributed by atoms with van der Waals surface area (Å²) in [5.41, 5.74) is 0. The summed E-state index contributed by atoms with van der Waals surface area (Å²) < 4.78 is 67.8. The van der Waals surface area contributed by atoms with Crippen LogP contribution < -0.4 is 0 Å². The molecule has 0 aromatic carbocycles. The van der Waals surface area contributed by atoms with Gasteiger partial charge in [0.15, 0.2) is 31.5 Å². The van der Waals surface area contributed by atoms with E-state index < -0.39 is 211 Å². The second-order valence-electron chi connectivity index (χ2n) is 17.0. The lowest BCUT2D eigenvalue weighted by Gasteiger charge is -2.50. The Morgan fingerprint density at radius 3 is 1.52 bits per heavy atom. The minimum atomic E-state index is -2.18. The van der Waals surface area contributed by atoms with Crippen molar-refractivity contribution in [1.29, 1.82) is 0 Å². The zero-order chi connectivity index (χ0) is 48.7. The average molecular weight is 971 g/mol. The number of hydrogen-bond donors (Lipinski definition) is 16. The number of carboxylic acids is 1. The van der Waals surface area contributed by atoms with Crippen LogP contribution in [0.2, 0.25) is 0 Å². The summed E-state index contributed by atoms with van der Waals surface area (Å²) in [6.07, 6.45) is -47.4. The Bertz CT molecular complexity index is 1540. The molecule has 6 saturated heterocycles. The maximum Gasteiger partial charge on any atom is 0.364 e. The smallest absolute Gasteiger partial charge is 0.364 e. The van der Waals surface area contributed by atoms with Crippen LogP contribution in [0.15, 0.2) is 0 Å². The molecule has 6 rings (SSSR count). The minimum Gasteiger partial charge on any atom is -0.477 e. The van der Waals surface area contributed by atoms with E-state index in [1.54, 1.807) is 0 Å². The summed E-state index contributed by atoms with van der Waals surface area (Å²) in [5.74, 6) is -3.70. The highest BCUT2D eigenvalue weighted by Crippen LogP contribution is 2.38. The van der Waals surface area contributed by atoms with Gasteiger partial charge in [-0.1, -0.05) is 0 Å². The molecular formula is C37H62O29. The first-order valence-electron chi connectivity index (χ1n) is 21.1. The molecule has 6 fully saturated rings. The Kier molecular flexibility index (Phi) is 18.1. The molecule has 0 aliphatic carbocycles. The van der Waals surface area contributed by atoms with E-state index in [9.17, 15) is 86.5 Å². The summed E-state index contributed by atoms with van der Waals surface area (Å²) >= 11 is 0. The molecule has 29 heteroatoms. The Morgan fingerprint density at radius 2 is 1.03 bits per heavy atom. The first-order chi connectivity index (χ1) is 31.1. The highest BCUT2D eigenvalue weighted by Gasteiger charge is 2.58. The van der Waals surface area contributed by atoms with Gasteiger partial charge in [0.1, 0.15) is 122 Å². The summed E-state index contributed by atoms with van der Waals surface area (Å²) in [6, 6.07) is 0. The van der Waals surface area contributed by atoms with E-state index in [1.165, 1.54) is 13.8 Å². The zero-order valence-corrected chi connectivity index (χ0v) is 35.6. The zero-order valence-electron chi connectivity index (χ0n) is 35.6. The number of aliphatic hydroxyl groups is 15. The van der Waals surface area contributed by atoms with Gasteiger partial charge in [-0.25, -0.2) is 4.79 Å². The minimum absolute atomic E-state index is 0.451. The SMILES string of the molecule is C[C@H](O)[C@H](CO)O[C@@H]1O[C@@H](C)[C@@H](O[C@@H]2O[C@H](CO)[C@@H](O)[C@H](O)[C@H]2O)[C@@H](O[C@H]2O[C@H](CO)[C@H](O[C@H]3O[C@H](CO)[C@@H](O[C@H]4O[C@@H]5CO[C@@](C)(C(=O)O)O[C@H]5[C@H](O)[C@@H]4O)[C@H](O)[C@@H]3O)[C@H](O)[C@H]2O)[C@@H]1O. The second-order valence-corrected chi connectivity index (χ2v) is 17.0. The number of fused-ring (bicyclic) bond motifs is 1. The molecule has 66 heavy (non-hydrogen) atoms. The fourth-order valence-electron chi connectivity index (χ4n) is 8.34. The number of carbonyl (C=O) groups is 1. The molecule has 0 radical (unpaired) electrons. The van der Waals surface area contributed by atoms with Crippen LogP contribution >= 0.6 is 0 Å². The third-order valence-electron chi connectivity index (χ3n) is 12.3. The van der Waals surface area contributed by atoms with Crippen LogP contribution in [0, 0.1) is 0 Å². The molecule has 384 valence electrons. The predicted molar refractivity (Wildman–Crippen MR) is 200 cm³/mol. The van der Waals surface area contributed by atoms with Crippen LogP contribution in [0.5, 0.6) is 0 Å². The third kappa shape index (κ3) is 10.8. The van der Waals surface area contributed by atoms with Crippen molar-refractivity contribution in [3.63, 3.8) is 0 Å². The number of carboxylic acid groups (broad SMARTS) is 1. The summed E-state index contributed by atoms with van der Waals surface area (Å²) in [7, 11) is 0. The monoisotopic (exact) mass is 970 g/mol. The largest absolute Gasteiger partial charge is 0.477 e. The van der Waals surface area contributed by atoms with Gasteiger partial charge in [-0.15, -0.1) is 0 Å². The first-order valence-corrected chi connectivity index (χ1v) is 21.1. The Balaban J connectivity index is 1.15. The van der Waals surface area contributed by atoms with Crippen LogP contribution in [0.25, 0.3) is 0 Å². The molecule has 28 atom stereocenters. The molecule has 6 aliphatic rings. The third-order valence-corrected chi connectivity index (χ3v) is 12.3. The Hall–Kier alpha value is -1.61. The van der Waals surface area contributed by atoms with E-state index in [0.29, 0.717) is 0 Å². The molecule has 16 N–H and O–H groups in total. The van der Waals surface area contributed by atoms with Crippen molar-refractivity contribution in [2.24, 2.45) is 0 Å². The lowest BCUT2D eigenvalue weighted by molar-refractivity contribution is -0.405. The molecule has 0 aromatic rings. The highest BCUT2D eigenvalue weighted by atomic mass is 16.8. The van der Waals surface area contributed by atoms with Gasteiger partial charge in [0.2, 0.25) is 0 Å². The van der Waals surface area contributed by atoms with Crippen LogP contribution in [0.4, 0.5) is 0 Å². The molecular weight excluding hydrogens is 908 g/mol. The van der Waals surface area contributed by atoms with Gasteiger partial charge in [-0.3, -0.25) is 0 Å². The van der Waals surface area contributed by atoms with E-state index in [2.05, 4.69) is 0 Å². The topological polar surface area (TPSA) is 452 Å². The van der Waals surface area contributed by atoms with Crippen LogP contribution in [0.3, 0.4) is 0 Å². The van der Waals surface area contributed by atoms with E-state index in [0.717, 1.165) is 6.92 Å². The van der Waals surface area contributed by atoms with Gasteiger partial charge in [-0.05, 0) is 13.8 Å². The van der Waals surface area contributed by atoms with Crippen LogP contribution in [-0.4, -0.2) is 292 Å². The number of rotatable bonds is 16. The van der Waals surface area contributed by atoms with Gasteiger partial charge in [0, 0.05) is 6.92 Å². The lowest BCUT2D eigenvalue weighted by Crippen LogP contribution is -2.69. The highest BCUT2D eigenvalue weighted by molar-refractivity contribution is 5.75. The quantitative estimate of drug-likeness (QED) is 0.0683. The normalized spacial score (nSPS) is 51.2. The Morgan fingerprint density at radius 1 is 0.576 bits per heavy atom. The molecule has 6 aliphatic heterocycles. The maximum atomic E-state index is 11.6. The number of aliphatic carboxylic acids is 1. The fraction of sp³-hybridized carbons (Fsp3) is 0.973. The van der Waals surface area contributed by atoms with E-state index in [1.807, 2.05) is 0 Å². The molecule has 0 unspecified atom stereocenters. The molecule has 29 nitrogen and oxygen atoms in total. The molecule has 0 spiro atoms. The molecule has 6 heterocycles. The molecule has 0 aromatic heterocycles. The van der Waals surface area contributed by atoms with Gasteiger partial charge in [0.25, 0.3) is 5.79 Å². The molecule has 0 amide bonds. The van der Waals surface area contributed by atoms with Crippen molar-refractivity contribution < 1.29 is 143 Å². The lowest BCUT2D eigenvalue weighted by atomic mass is 9.95. The van der Waals surface area contributed by atoms with Gasteiger partial charge in [-0.2, -0.15) is 0 Å². The van der Waals surface area contributed by atoms with E-state index in [4.69, 9.17) is 56.8 Å². The van der Waals surface area contributed by atoms with Crippen molar-refractivity contribution >= 4 is 5.97 Å². The van der Waals surface area contributed by atoms with Crippen molar-refractivity contribution in [2.75, 3.05) is 33.0 Å². The Labute approximate surface area is 374 Å². The first kappa shape index (κ1) is 53.7. The number of hydrogen-bond acceptors (Lipinski definition) is 28.